The molecule has 2 N–H and O–H groups in total. The van der Waals surface area contributed by atoms with Crippen molar-refractivity contribution in [2.24, 2.45) is 5.73 Å². The second kappa shape index (κ2) is 3.35. The first-order chi connectivity index (χ1) is 7.40. The highest BCUT2D eigenvalue weighted by Crippen LogP contribution is 2.39. The molecule has 1 aromatic rings. The number of hydrogen-bond acceptors (Lipinski definition) is 3. The molecule has 0 atom stereocenters. The van der Waals surface area contributed by atoms with Crippen LogP contribution in [0.15, 0.2) is 12.3 Å². The van der Waals surface area contributed by atoms with Gasteiger partial charge in [0.1, 0.15) is 5.75 Å². The number of ether oxygens (including phenoxy) is 1. The molecule has 15 heavy (non-hydrogen) atoms. The monoisotopic (exact) mass is 202 g/mol. The second-order valence-corrected chi connectivity index (χ2v) is 3.99. The van der Waals surface area contributed by atoms with E-state index in [2.05, 4.69) is 11.1 Å². The number of allylic oxidation sites excluding steroid dienone is 1. The van der Waals surface area contributed by atoms with Crippen LogP contribution in [-0.4, -0.2) is 18.1 Å². The molecule has 0 radical (unpaired) electrons. The summed E-state index contributed by atoms with van der Waals surface area (Å²) in [4.78, 5) is 4.46. The third-order valence-corrected chi connectivity index (χ3v) is 3.15. The summed E-state index contributed by atoms with van der Waals surface area (Å²) in [5, 5.41) is 0. The Kier molecular flexibility index (Phi) is 1.99. The first-order valence-electron chi connectivity index (χ1n) is 5.43. The molecular weight excluding hydrogens is 188 g/mol. The zero-order valence-electron chi connectivity index (χ0n) is 8.62. The zero-order valence-corrected chi connectivity index (χ0v) is 8.62. The Balaban J connectivity index is 2.18. The molecule has 1 aromatic heterocycles. The molecule has 3 rings (SSSR count). The van der Waals surface area contributed by atoms with Gasteiger partial charge >= 0.3 is 0 Å². The number of hydrogen-bond donors (Lipinski definition) is 1. The quantitative estimate of drug-likeness (QED) is 0.746. The molecule has 0 aromatic carbocycles. The van der Waals surface area contributed by atoms with Gasteiger partial charge in [-0.05, 0) is 18.4 Å². The van der Waals surface area contributed by atoms with E-state index in [0.717, 1.165) is 31.6 Å². The van der Waals surface area contributed by atoms with Gasteiger partial charge in [0.2, 0.25) is 0 Å². The zero-order chi connectivity index (χ0) is 10.3. The first kappa shape index (κ1) is 8.92. The molecule has 0 unspecified atom stereocenters. The fourth-order valence-corrected chi connectivity index (χ4v) is 2.51. The predicted molar refractivity (Wildman–Crippen MR) is 58.8 cm³/mol. The van der Waals surface area contributed by atoms with E-state index in [1.165, 1.54) is 22.4 Å². The average Bonchev–Trinajstić information content (AvgIpc) is 2.83. The summed E-state index contributed by atoms with van der Waals surface area (Å²) >= 11 is 0. The number of rotatable bonds is 1. The normalized spacial score (nSPS) is 20.2. The van der Waals surface area contributed by atoms with E-state index in [1.807, 2.05) is 6.20 Å². The van der Waals surface area contributed by atoms with Crippen LogP contribution in [0.1, 0.15) is 23.2 Å². The Morgan fingerprint density at radius 2 is 2.33 bits per heavy atom. The van der Waals surface area contributed by atoms with Crippen molar-refractivity contribution in [1.29, 1.82) is 0 Å². The number of nitrogens with two attached hydrogens (primary N) is 1. The van der Waals surface area contributed by atoms with Crippen molar-refractivity contribution >= 4 is 5.57 Å². The van der Waals surface area contributed by atoms with Crippen molar-refractivity contribution < 1.29 is 4.74 Å². The minimum absolute atomic E-state index is 0.610. The third kappa shape index (κ3) is 1.27. The van der Waals surface area contributed by atoms with E-state index in [9.17, 15) is 0 Å². The van der Waals surface area contributed by atoms with Gasteiger partial charge in [-0.15, -0.1) is 0 Å². The van der Waals surface area contributed by atoms with Crippen molar-refractivity contribution in [3.05, 3.63) is 29.1 Å². The van der Waals surface area contributed by atoms with Crippen molar-refractivity contribution in [3.63, 3.8) is 0 Å². The van der Waals surface area contributed by atoms with Crippen LogP contribution in [0.5, 0.6) is 5.75 Å². The number of nitrogens with zero attached hydrogens (tertiary/aromatic N) is 1. The van der Waals surface area contributed by atoms with Gasteiger partial charge in [0, 0.05) is 29.8 Å². The first-order valence-corrected chi connectivity index (χ1v) is 5.43. The van der Waals surface area contributed by atoms with Crippen molar-refractivity contribution in [1.82, 2.24) is 4.98 Å². The topological polar surface area (TPSA) is 48.1 Å². The molecule has 0 spiro atoms. The van der Waals surface area contributed by atoms with E-state index in [-0.39, 0.29) is 0 Å². The Morgan fingerprint density at radius 3 is 3.20 bits per heavy atom. The van der Waals surface area contributed by atoms with Gasteiger partial charge in [0.25, 0.3) is 0 Å². The Bertz CT molecular complexity index is 437. The summed E-state index contributed by atoms with van der Waals surface area (Å²) in [5.74, 6) is 0.971. The lowest BCUT2D eigenvalue weighted by Gasteiger charge is -2.06. The van der Waals surface area contributed by atoms with Crippen LogP contribution in [0.2, 0.25) is 0 Å². The van der Waals surface area contributed by atoms with Crippen LogP contribution in [0.25, 0.3) is 5.57 Å². The van der Waals surface area contributed by atoms with Crippen LogP contribution in [-0.2, 0) is 12.8 Å². The van der Waals surface area contributed by atoms with Gasteiger partial charge in [-0.2, -0.15) is 0 Å². The molecular formula is C12H14N2O. The van der Waals surface area contributed by atoms with E-state index >= 15 is 0 Å². The molecule has 0 amide bonds. The summed E-state index contributed by atoms with van der Waals surface area (Å²) in [6, 6.07) is 0. The Hall–Kier alpha value is -1.35. The summed E-state index contributed by atoms with van der Waals surface area (Å²) in [7, 11) is 0. The molecule has 1 aliphatic heterocycles. The van der Waals surface area contributed by atoms with Gasteiger partial charge in [-0.1, -0.05) is 6.08 Å². The standard InChI is InChI=1S/C12H14N2O/c13-5-3-8-1-2-10-12(8)9-4-6-15-11(9)7-14-10/h3,7H,1-2,4-6,13H2. The van der Waals surface area contributed by atoms with Crippen LogP contribution in [0.3, 0.4) is 0 Å². The second-order valence-electron chi connectivity index (χ2n) is 3.99. The Morgan fingerprint density at radius 1 is 1.40 bits per heavy atom. The van der Waals surface area contributed by atoms with E-state index in [0.29, 0.717) is 6.54 Å². The highest BCUT2D eigenvalue weighted by Gasteiger charge is 2.26. The number of fused-ring (bicyclic) bond motifs is 3. The highest BCUT2D eigenvalue weighted by atomic mass is 16.5. The molecule has 3 heteroatoms. The number of aryl methyl sites for hydroxylation is 1. The van der Waals surface area contributed by atoms with E-state index < -0.39 is 0 Å². The van der Waals surface area contributed by atoms with Gasteiger partial charge in [-0.25, -0.2) is 0 Å². The minimum atomic E-state index is 0.610. The minimum Gasteiger partial charge on any atom is -0.491 e. The fraction of sp³-hybridized carbons (Fsp3) is 0.417. The van der Waals surface area contributed by atoms with Crippen LogP contribution in [0.4, 0.5) is 0 Å². The lowest BCUT2D eigenvalue weighted by Crippen LogP contribution is -1.96. The van der Waals surface area contributed by atoms with Crippen LogP contribution < -0.4 is 10.5 Å². The van der Waals surface area contributed by atoms with E-state index in [1.54, 1.807) is 0 Å². The Labute approximate surface area is 89.0 Å². The molecule has 0 saturated carbocycles. The molecule has 2 aliphatic rings. The summed E-state index contributed by atoms with van der Waals surface area (Å²) in [6.07, 6.45) is 7.13. The van der Waals surface area contributed by atoms with Crippen molar-refractivity contribution in [2.45, 2.75) is 19.3 Å². The van der Waals surface area contributed by atoms with Gasteiger partial charge in [-0.3, -0.25) is 4.98 Å². The number of aromatic nitrogens is 1. The molecule has 3 nitrogen and oxygen atoms in total. The summed E-state index contributed by atoms with van der Waals surface area (Å²) in [6.45, 7) is 1.41. The van der Waals surface area contributed by atoms with Crippen LogP contribution >= 0.6 is 0 Å². The fourth-order valence-electron chi connectivity index (χ4n) is 2.51. The highest BCUT2D eigenvalue weighted by molar-refractivity contribution is 5.75. The smallest absolute Gasteiger partial charge is 0.141 e. The van der Waals surface area contributed by atoms with Gasteiger partial charge < -0.3 is 10.5 Å². The van der Waals surface area contributed by atoms with Crippen molar-refractivity contribution in [2.75, 3.05) is 13.2 Å². The molecule has 2 heterocycles. The lowest BCUT2D eigenvalue weighted by molar-refractivity contribution is 0.355. The molecule has 0 bridgehead atoms. The largest absolute Gasteiger partial charge is 0.491 e. The summed E-state index contributed by atoms with van der Waals surface area (Å²) < 4.78 is 5.53. The lowest BCUT2D eigenvalue weighted by atomic mass is 10.0. The maximum Gasteiger partial charge on any atom is 0.141 e. The maximum atomic E-state index is 5.58. The van der Waals surface area contributed by atoms with Crippen LogP contribution in [0, 0.1) is 0 Å². The molecule has 0 saturated heterocycles. The van der Waals surface area contributed by atoms with Gasteiger partial charge in [0.15, 0.2) is 0 Å². The SMILES string of the molecule is NCC=C1CCc2ncc3c(c21)CCO3. The molecule has 78 valence electrons. The van der Waals surface area contributed by atoms with Crippen molar-refractivity contribution in [3.8, 4) is 5.75 Å². The third-order valence-electron chi connectivity index (χ3n) is 3.15. The molecule has 0 fully saturated rings. The summed E-state index contributed by atoms with van der Waals surface area (Å²) in [5.41, 5.74) is 10.8. The number of pyridine rings is 1. The maximum absolute atomic E-state index is 5.58. The van der Waals surface area contributed by atoms with E-state index in [4.69, 9.17) is 10.5 Å². The average molecular weight is 202 g/mol. The predicted octanol–water partition coefficient (Wildman–Crippen LogP) is 1.30. The van der Waals surface area contributed by atoms with Gasteiger partial charge in [0.05, 0.1) is 12.8 Å². The molecule has 1 aliphatic carbocycles.